The first kappa shape index (κ1) is 22.3. The summed E-state index contributed by atoms with van der Waals surface area (Å²) in [6.45, 7) is 9.82. The Labute approximate surface area is 177 Å². The molecule has 1 saturated carbocycles. The Morgan fingerprint density at radius 3 is 2.82 bits per heavy atom. The fourth-order valence-electron chi connectivity index (χ4n) is 3.75. The molecule has 0 spiro atoms. The summed E-state index contributed by atoms with van der Waals surface area (Å²) in [5.74, 6) is 6.69. The van der Waals surface area contributed by atoms with Gasteiger partial charge in [0.2, 0.25) is 0 Å². The third-order valence-corrected chi connectivity index (χ3v) is 6.30. The second kappa shape index (κ2) is 9.98. The van der Waals surface area contributed by atoms with Gasteiger partial charge in [-0.1, -0.05) is 53.6 Å². The summed E-state index contributed by atoms with van der Waals surface area (Å²) in [5, 5.41) is 0. The second-order valence-corrected chi connectivity index (χ2v) is 8.15. The Morgan fingerprint density at radius 2 is 2.29 bits per heavy atom. The minimum atomic E-state index is -0.232. The summed E-state index contributed by atoms with van der Waals surface area (Å²) in [4.78, 5) is 11.8. The van der Waals surface area contributed by atoms with Crippen molar-refractivity contribution in [2.24, 2.45) is 11.3 Å². The number of ether oxygens (including phenoxy) is 2. The van der Waals surface area contributed by atoms with E-state index in [4.69, 9.17) is 9.47 Å². The van der Waals surface area contributed by atoms with E-state index in [0.717, 1.165) is 29.5 Å². The monoisotopic (exact) mass is 444 g/mol. The number of esters is 1. The summed E-state index contributed by atoms with van der Waals surface area (Å²) >= 11 is 3.59. The third kappa shape index (κ3) is 5.08. The third-order valence-electron chi connectivity index (χ3n) is 5.49. The molecule has 2 rings (SSSR count). The maximum atomic E-state index is 11.8. The molecule has 0 aliphatic heterocycles. The van der Waals surface area contributed by atoms with Gasteiger partial charge in [0, 0.05) is 15.8 Å². The molecule has 0 amide bonds. The average molecular weight is 445 g/mol. The van der Waals surface area contributed by atoms with Gasteiger partial charge in [-0.05, 0) is 56.4 Å². The zero-order valence-corrected chi connectivity index (χ0v) is 18.8. The van der Waals surface area contributed by atoms with Crippen LogP contribution in [0.25, 0.3) is 0 Å². The van der Waals surface area contributed by atoms with Gasteiger partial charge in [0.1, 0.15) is 11.9 Å². The fraction of sp³-hybridized carbons (Fsp3) is 0.458. The Morgan fingerprint density at radius 1 is 1.54 bits per heavy atom. The van der Waals surface area contributed by atoms with Crippen molar-refractivity contribution >= 4 is 21.9 Å². The zero-order chi connectivity index (χ0) is 20.7. The summed E-state index contributed by atoms with van der Waals surface area (Å²) in [7, 11) is 1.41. The lowest BCUT2D eigenvalue weighted by Crippen LogP contribution is -2.28. The van der Waals surface area contributed by atoms with E-state index < -0.39 is 0 Å². The molecule has 0 N–H and O–H groups in total. The van der Waals surface area contributed by atoms with Gasteiger partial charge in [0.15, 0.2) is 0 Å². The zero-order valence-electron chi connectivity index (χ0n) is 17.2. The first-order valence-corrected chi connectivity index (χ1v) is 10.4. The van der Waals surface area contributed by atoms with Gasteiger partial charge < -0.3 is 9.47 Å². The highest BCUT2D eigenvalue weighted by Gasteiger charge is 2.35. The molecule has 3 nitrogen and oxygen atoms in total. The molecule has 0 radical (unpaired) electrons. The normalized spacial score (nSPS) is 28.1. The Kier molecular flexibility index (Phi) is 7.95. The van der Waals surface area contributed by atoms with E-state index in [-0.39, 0.29) is 29.8 Å². The van der Waals surface area contributed by atoms with Crippen molar-refractivity contribution in [3.8, 4) is 11.8 Å². The lowest BCUT2D eigenvalue weighted by molar-refractivity contribution is -0.141. The van der Waals surface area contributed by atoms with Gasteiger partial charge >= 0.3 is 5.97 Å². The first-order valence-electron chi connectivity index (χ1n) is 9.61. The predicted octanol–water partition coefficient (Wildman–Crippen LogP) is 6.00. The molecular formula is C24H29BrO3. The molecular weight excluding hydrogens is 416 g/mol. The van der Waals surface area contributed by atoms with Gasteiger partial charge in [-0.15, -0.1) is 5.92 Å². The molecule has 2 aliphatic rings. The largest absolute Gasteiger partial charge is 0.486 e. The number of halogens is 1. The maximum Gasteiger partial charge on any atom is 0.306 e. The smallest absolute Gasteiger partial charge is 0.306 e. The maximum absolute atomic E-state index is 11.8. The van der Waals surface area contributed by atoms with Crippen LogP contribution in [0.4, 0.5) is 0 Å². The minimum absolute atomic E-state index is 0.0501. The van der Waals surface area contributed by atoms with Crippen LogP contribution in [0, 0.1) is 23.2 Å². The molecule has 0 heterocycles. The number of carbonyl (C=O) groups is 1. The highest BCUT2D eigenvalue weighted by Crippen LogP contribution is 2.41. The van der Waals surface area contributed by atoms with E-state index >= 15 is 0 Å². The van der Waals surface area contributed by atoms with Crippen molar-refractivity contribution in [2.75, 3.05) is 7.11 Å². The molecule has 28 heavy (non-hydrogen) atoms. The van der Waals surface area contributed by atoms with Crippen LogP contribution in [0.2, 0.25) is 0 Å². The highest BCUT2D eigenvalue weighted by molar-refractivity contribution is 9.11. The van der Waals surface area contributed by atoms with Gasteiger partial charge in [0.05, 0.1) is 13.5 Å². The molecule has 3 atom stereocenters. The summed E-state index contributed by atoms with van der Waals surface area (Å²) in [6, 6.07) is 0. The van der Waals surface area contributed by atoms with Crippen LogP contribution in [-0.4, -0.2) is 19.2 Å². The lowest BCUT2D eigenvalue weighted by atomic mass is 9.71. The molecule has 0 aromatic rings. The van der Waals surface area contributed by atoms with E-state index in [1.807, 2.05) is 19.1 Å². The Hall–Kier alpha value is -1.99. The second-order valence-electron chi connectivity index (χ2n) is 7.30. The van der Waals surface area contributed by atoms with Crippen LogP contribution >= 0.6 is 15.9 Å². The van der Waals surface area contributed by atoms with Crippen LogP contribution in [0.1, 0.15) is 46.5 Å². The average Bonchev–Trinajstić information content (AvgIpc) is 3.11. The molecule has 4 heteroatoms. The van der Waals surface area contributed by atoms with Gasteiger partial charge in [-0.3, -0.25) is 4.79 Å². The number of allylic oxidation sites excluding steroid dienone is 6. The van der Waals surface area contributed by atoms with Crippen molar-refractivity contribution in [3.63, 3.8) is 0 Å². The standard InChI is InChI=1S/C24H29BrO3/c1-6-9-17(16-23(26)27-5)24(4)14-12-18(13-15-24)28-22-11-10-20(19(22)7-2)21(25)8-3/h7-8,12-14,17,22H,3,10-11,15-16H2,1-2,4-5H3/b19-7+,21-20+. The van der Waals surface area contributed by atoms with Gasteiger partial charge in [0.25, 0.3) is 0 Å². The molecule has 0 aromatic heterocycles. The topological polar surface area (TPSA) is 35.5 Å². The van der Waals surface area contributed by atoms with Crippen molar-refractivity contribution in [1.82, 2.24) is 0 Å². The summed E-state index contributed by atoms with van der Waals surface area (Å²) in [6.07, 6.45) is 13.2. The number of hydrogen-bond donors (Lipinski definition) is 0. The van der Waals surface area contributed by atoms with Crippen molar-refractivity contribution < 1.29 is 14.3 Å². The SMILES string of the molecule is C=C/C(Br)=C1/CCC(OC2=CCC(C)(C(C#CC)CC(=O)OC)C=C2)/C1=C/C. The number of rotatable bonds is 6. The summed E-state index contributed by atoms with van der Waals surface area (Å²) in [5.41, 5.74) is 2.26. The molecule has 1 fully saturated rings. The number of carbonyl (C=O) groups excluding carboxylic acids is 1. The van der Waals surface area contributed by atoms with Gasteiger partial charge in [-0.2, -0.15) is 0 Å². The molecule has 2 aliphatic carbocycles. The van der Waals surface area contributed by atoms with Crippen molar-refractivity contribution in [3.05, 3.63) is 58.3 Å². The quantitative estimate of drug-likeness (QED) is 0.372. The lowest BCUT2D eigenvalue weighted by Gasteiger charge is -2.33. The minimum Gasteiger partial charge on any atom is -0.486 e. The number of hydrogen-bond acceptors (Lipinski definition) is 3. The van der Waals surface area contributed by atoms with Crippen LogP contribution in [0.15, 0.2) is 58.3 Å². The molecule has 3 unspecified atom stereocenters. The van der Waals surface area contributed by atoms with Crippen LogP contribution in [-0.2, 0) is 14.3 Å². The fourth-order valence-corrected chi connectivity index (χ4v) is 4.17. The Balaban J connectivity index is 2.11. The van der Waals surface area contributed by atoms with Crippen LogP contribution in [0.5, 0.6) is 0 Å². The van der Waals surface area contributed by atoms with Crippen LogP contribution < -0.4 is 0 Å². The van der Waals surface area contributed by atoms with E-state index in [2.05, 4.69) is 59.5 Å². The molecule has 150 valence electrons. The van der Waals surface area contributed by atoms with E-state index in [9.17, 15) is 4.79 Å². The van der Waals surface area contributed by atoms with Crippen LogP contribution in [0.3, 0.4) is 0 Å². The van der Waals surface area contributed by atoms with E-state index in [1.54, 1.807) is 6.92 Å². The first-order chi connectivity index (χ1) is 13.4. The molecule has 0 aromatic carbocycles. The van der Waals surface area contributed by atoms with Crippen molar-refractivity contribution in [1.29, 1.82) is 0 Å². The van der Waals surface area contributed by atoms with Gasteiger partial charge in [-0.25, -0.2) is 0 Å². The number of methoxy groups -OCH3 is 1. The highest BCUT2D eigenvalue weighted by atomic mass is 79.9. The van der Waals surface area contributed by atoms with E-state index in [1.165, 1.54) is 18.3 Å². The predicted molar refractivity (Wildman–Crippen MR) is 118 cm³/mol. The summed E-state index contributed by atoms with van der Waals surface area (Å²) < 4.78 is 12.2. The van der Waals surface area contributed by atoms with Crippen molar-refractivity contribution in [2.45, 2.75) is 52.6 Å². The molecule has 0 saturated heterocycles. The Bertz CT molecular complexity index is 803. The molecule has 0 bridgehead atoms. The van der Waals surface area contributed by atoms with E-state index in [0.29, 0.717) is 0 Å².